The zero-order chi connectivity index (χ0) is 25.0. The molecule has 1 aliphatic rings. The number of alkyl halides is 3. The summed E-state index contributed by atoms with van der Waals surface area (Å²) in [5, 5.41) is 2.33. The molecule has 8 nitrogen and oxygen atoms in total. The van der Waals surface area contributed by atoms with E-state index < -0.39 is 42.2 Å². The summed E-state index contributed by atoms with van der Waals surface area (Å²) in [4.78, 5) is 38.6. The maximum atomic E-state index is 13.0. The molecule has 0 fully saturated rings. The Balaban J connectivity index is 1.79. The quantitative estimate of drug-likeness (QED) is 0.602. The number of hydrogen-bond donors (Lipinski definition) is 1. The van der Waals surface area contributed by atoms with E-state index in [1.165, 1.54) is 19.1 Å². The minimum absolute atomic E-state index is 0.0696. The fraction of sp³-hybridized carbons (Fsp3) is 0.348. The van der Waals surface area contributed by atoms with Crippen molar-refractivity contribution in [3.05, 3.63) is 47.5 Å². The Morgan fingerprint density at radius 3 is 2.38 bits per heavy atom. The van der Waals surface area contributed by atoms with Gasteiger partial charge < -0.3 is 19.5 Å². The predicted molar refractivity (Wildman–Crippen MR) is 116 cm³/mol. The Kier molecular flexibility index (Phi) is 7.33. The summed E-state index contributed by atoms with van der Waals surface area (Å²) in [6.07, 6.45) is -5.94. The number of benzene rings is 2. The van der Waals surface area contributed by atoms with E-state index >= 15 is 0 Å². The molecule has 2 aromatic carbocycles. The highest BCUT2D eigenvalue weighted by Crippen LogP contribution is 2.37. The number of carbonyl (C=O) groups excluding carboxylic acids is 3. The van der Waals surface area contributed by atoms with Crippen LogP contribution in [0.1, 0.15) is 36.7 Å². The van der Waals surface area contributed by atoms with Gasteiger partial charge in [-0.3, -0.25) is 14.5 Å². The molecule has 2 amide bonds. The normalized spacial score (nSPS) is 14.1. The van der Waals surface area contributed by atoms with E-state index in [0.29, 0.717) is 24.7 Å². The van der Waals surface area contributed by atoms with Gasteiger partial charge in [0.1, 0.15) is 6.54 Å². The third-order valence-electron chi connectivity index (χ3n) is 4.87. The number of esters is 1. The van der Waals surface area contributed by atoms with Gasteiger partial charge >= 0.3 is 12.1 Å². The number of nitrogens with one attached hydrogen (secondary N) is 1. The molecule has 1 heterocycles. The van der Waals surface area contributed by atoms with Gasteiger partial charge in [0.25, 0.3) is 5.91 Å². The first kappa shape index (κ1) is 24.9. The Morgan fingerprint density at radius 2 is 1.74 bits per heavy atom. The summed E-state index contributed by atoms with van der Waals surface area (Å²) in [5.74, 6) is -1.48. The molecule has 34 heavy (non-hydrogen) atoms. The maximum Gasteiger partial charge on any atom is 0.416 e. The largest absolute Gasteiger partial charge is 0.490 e. The maximum absolute atomic E-state index is 13.0. The molecule has 1 atom stereocenters. The van der Waals surface area contributed by atoms with Gasteiger partial charge in [0.2, 0.25) is 5.91 Å². The number of amides is 2. The van der Waals surface area contributed by atoms with Crippen molar-refractivity contribution in [3.8, 4) is 11.5 Å². The summed E-state index contributed by atoms with van der Waals surface area (Å²) >= 11 is 0. The third-order valence-corrected chi connectivity index (χ3v) is 4.87. The van der Waals surface area contributed by atoms with Crippen molar-refractivity contribution in [2.45, 2.75) is 33.1 Å². The number of halogens is 3. The second-order valence-electron chi connectivity index (χ2n) is 7.28. The van der Waals surface area contributed by atoms with Crippen molar-refractivity contribution in [1.82, 2.24) is 0 Å². The Hall–Kier alpha value is -3.76. The van der Waals surface area contributed by atoms with Crippen molar-refractivity contribution >= 4 is 29.2 Å². The average molecular weight is 480 g/mol. The number of ether oxygens (including phenoxy) is 3. The molecule has 0 aromatic heterocycles. The fourth-order valence-electron chi connectivity index (χ4n) is 3.34. The van der Waals surface area contributed by atoms with Gasteiger partial charge in [0, 0.05) is 0 Å². The van der Waals surface area contributed by atoms with E-state index in [0.717, 1.165) is 23.1 Å². The average Bonchev–Trinajstić information content (AvgIpc) is 2.78. The molecule has 0 radical (unpaired) electrons. The van der Waals surface area contributed by atoms with Gasteiger partial charge in [0.05, 0.1) is 35.7 Å². The second kappa shape index (κ2) is 10.0. The van der Waals surface area contributed by atoms with Crippen molar-refractivity contribution in [3.63, 3.8) is 0 Å². The zero-order valence-corrected chi connectivity index (χ0v) is 18.7. The van der Waals surface area contributed by atoms with Crippen LogP contribution in [-0.4, -0.2) is 43.6 Å². The number of rotatable bonds is 7. The van der Waals surface area contributed by atoms with Gasteiger partial charge in [-0.15, -0.1) is 0 Å². The van der Waals surface area contributed by atoms with Crippen molar-refractivity contribution < 1.29 is 41.8 Å². The Bertz CT molecular complexity index is 1100. The molecule has 0 aliphatic carbocycles. The van der Waals surface area contributed by atoms with E-state index in [1.54, 1.807) is 19.9 Å². The molecule has 3 rings (SSSR count). The lowest BCUT2D eigenvalue weighted by atomic mass is 10.1. The summed E-state index contributed by atoms with van der Waals surface area (Å²) in [7, 11) is 0. The van der Waals surface area contributed by atoms with E-state index in [2.05, 4.69) is 5.32 Å². The number of anilines is 2. The van der Waals surface area contributed by atoms with Gasteiger partial charge in [-0.2, -0.15) is 13.2 Å². The summed E-state index contributed by atoms with van der Waals surface area (Å²) in [6.45, 7) is 5.18. The van der Waals surface area contributed by atoms with Crippen molar-refractivity contribution in [2.24, 2.45) is 0 Å². The molecule has 0 bridgehead atoms. The van der Waals surface area contributed by atoms with Gasteiger partial charge in [0.15, 0.2) is 17.6 Å². The number of carbonyl (C=O) groups is 3. The first-order valence-corrected chi connectivity index (χ1v) is 10.5. The highest BCUT2D eigenvalue weighted by molar-refractivity contribution is 6.11. The topological polar surface area (TPSA) is 94.2 Å². The van der Waals surface area contributed by atoms with Crippen LogP contribution in [0.5, 0.6) is 11.5 Å². The van der Waals surface area contributed by atoms with E-state index in [-0.39, 0.29) is 16.9 Å². The molecular formula is C23H23F3N2O6. The van der Waals surface area contributed by atoms with Crippen LogP contribution in [0.2, 0.25) is 0 Å². The molecule has 182 valence electrons. The van der Waals surface area contributed by atoms with Gasteiger partial charge in [-0.25, -0.2) is 4.79 Å². The summed E-state index contributed by atoms with van der Waals surface area (Å²) in [6, 6.07) is 7.07. The lowest BCUT2D eigenvalue weighted by molar-refractivity contribution is -0.137. The molecule has 0 saturated carbocycles. The Morgan fingerprint density at radius 1 is 1.06 bits per heavy atom. The van der Waals surface area contributed by atoms with Crippen molar-refractivity contribution in [1.29, 1.82) is 0 Å². The van der Waals surface area contributed by atoms with Crippen LogP contribution in [0.25, 0.3) is 0 Å². The number of fused-ring (bicyclic) bond motifs is 1. The highest BCUT2D eigenvalue weighted by atomic mass is 19.4. The van der Waals surface area contributed by atoms with Gasteiger partial charge in [-0.1, -0.05) is 0 Å². The lowest BCUT2D eigenvalue weighted by Crippen LogP contribution is -2.47. The fourth-order valence-corrected chi connectivity index (χ4v) is 3.34. The molecular weight excluding hydrogens is 457 g/mol. The number of hydrogen-bond acceptors (Lipinski definition) is 6. The van der Waals surface area contributed by atoms with Crippen LogP contribution >= 0.6 is 0 Å². The zero-order valence-electron chi connectivity index (χ0n) is 18.7. The van der Waals surface area contributed by atoms with E-state index in [1.807, 2.05) is 0 Å². The number of nitrogens with zero attached hydrogens (tertiary/aromatic N) is 1. The minimum Gasteiger partial charge on any atom is -0.490 e. The van der Waals surface area contributed by atoms with Crippen LogP contribution < -0.4 is 19.7 Å². The van der Waals surface area contributed by atoms with Crippen molar-refractivity contribution in [2.75, 3.05) is 30.0 Å². The standard InChI is InChI=1S/C23H23F3N2O6/c1-4-32-18-9-6-14(10-19(18)33-5-2)22(31)34-13(3)21(30)28-12-20(29)27-16-11-15(23(24,25)26)7-8-17(16)28/h6-11,13H,4-5,12H2,1-3H3,(H,27,29). The highest BCUT2D eigenvalue weighted by Gasteiger charge is 2.35. The van der Waals surface area contributed by atoms with Crippen LogP contribution in [0.15, 0.2) is 36.4 Å². The smallest absolute Gasteiger partial charge is 0.416 e. The first-order chi connectivity index (χ1) is 16.0. The van der Waals surface area contributed by atoms with Crippen LogP contribution in [0.4, 0.5) is 24.5 Å². The molecule has 0 saturated heterocycles. The summed E-state index contributed by atoms with van der Waals surface area (Å²) < 4.78 is 55.3. The second-order valence-corrected chi connectivity index (χ2v) is 7.28. The molecule has 0 spiro atoms. The van der Waals surface area contributed by atoms with Crippen LogP contribution in [-0.2, 0) is 20.5 Å². The monoisotopic (exact) mass is 480 g/mol. The van der Waals surface area contributed by atoms with E-state index in [4.69, 9.17) is 14.2 Å². The van der Waals surface area contributed by atoms with Gasteiger partial charge in [-0.05, 0) is 57.2 Å². The van der Waals surface area contributed by atoms with E-state index in [9.17, 15) is 27.6 Å². The van der Waals surface area contributed by atoms with Crippen LogP contribution in [0, 0.1) is 0 Å². The third kappa shape index (κ3) is 5.41. The minimum atomic E-state index is -4.62. The lowest BCUT2D eigenvalue weighted by Gasteiger charge is -2.31. The molecule has 11 heteroatoms. The predicted octanol–water partition coefficient (Wildman–Crippen LogP) is 4.03. The molecule has 1 aliphatic heterocycles. The van der Waals surface area contributed by atoms with Crippen LogP contribution in [0.3, 0.4) is 0 Å². The molecule has 1 N–H and O–H groups in total. The summed E-state index contributed by atoms with van der Waals surface area (Å²) in [5.41, 5.74) is -0.954. The molecule has 2 aromatic rings. The SMILES string of the molecule is CCOc1ccc(C(=O)OC(C)C(=O)N2CC(=O)Nc3cc(C(F)(F)F)ccc32)cc1OCC. The first-order valence-electron chi connectivity index (χ1n) is 10.5. The Labute approximate surface area is 193 Å². The molecule has 1 unspecified atom stereocenters.